The molecule has 5 heteroatoms. The minimum absolute atomic E-state index is 0.00158. The van der Waals surface area contributed by atoms with E-state index in [4.69, 9.17) is 22.1 Å². The van der Waals surface area contributed by atoms with Crippen LogP contribution in [0.4, 0.5) is 8.78 Å². The van der Waals surface area contributed by atoms with Gasteiger partial charge in [-0.15, -0.1) is 0 Å². The molecule has 0 saturated carbocycles. The number of nitrogens with two attached hydrogens (primary N) is 1. The highest BCUT2D eigenvalue weighted by molar-refractivity contribution is 6.31. The summed E-state index contributed by atoms with van der Waals surface area (Å²) in [7, 11) is 0. The minimum atomic E-state index is -0.634. The number of hydrogen-bond donors (Lipinski definition) is 1. The lowest BCUT2D eigenvalue weighted by molar-refractivity contribution is 0.296. The van der Waals surface area contributed by atoms with E-state index in [9.17, 15) is 8.78 Å². The topological polar surface area (TPSA) is 35.2 Å². The first-order chi connectivity index (χ1) is 9.97. The van der Waals surface area contributed by atoms with E-state index in [0.29, 0.717) is 17.2 Å². The van der Waals surface area contributed by atoms with Gasteiger partial charge in [-0.05, 0) is 37.6 Å². The van der Waals surface area contributed by atoms with Crippen LogP contribution in [-0.4, -0.2) is 6.04 Å². The van der Waals surface area contributed by atoms with E-state index >= 15 is 0 Å². The molecule has 112 valence electrons. The van der Waals surface area contributed by atoms with Gasteiger partial charge in [0.25, 0.3) is 0 Å². The molecule has 0 aliphatic heterocycles. The zero-order valence-corrected chi connectivity index (χ0v) is 12.3. The molecule has 0 heterocycles. The molecule has 2 aromatic rings. The number of rotatable bonds is 5. The molecule has 0 radical (unpaired) electrons. The van der Waals surface area contributed by atoms with Gasteiger partial charge in [0.1, 0.15) is 24.0 Å². The van der Waals surface area contributed by atoms with Gasteiger partial charge in [0.05, 0.1) is 0 Å². The van der Waals surface area contributed by atoms with E-state index in [1.165, 1.54) is 12.1 Å². The summed E-state index contributed by atoms with van der Waals surface area (Å²) in [6, 6.07) is 8.58. The van der Waals surface area contributed by atoms with Crippen LogP contribution in [0.2, 0.25) is 5.02 Å². The summed E-state index contributed by atoms with van der Waals surface area (Å²) in [5.41, 5.74) is 6.86. The van der Waals surface area contributed by atoms with Crippen molar-refractivity contribution in [1.82, 2.24) is 0 Å². The monoisotopic (exact) mass is 311 g/mol. The molecule has 2 N–H and O–H groups in total. The first-order valence-corrected chi connectivity index (χ1v) is 6.95. The van der Waals surface area contributed by atoms with Crippen LogP contribution in [0.5, 0.6) is 5.75 Å². The highest BCUT2D eigenvalue weighted by Gasteiger charge is 2.12. The van der Waals surface area contributed by atoms with Gasteiger partial charge in [-0.25, -0.2) is 8.78 Å². The molecule has 21 heavy (non-hydrogen) atoms. The van der Waals surface area contributed by atoms with Crippen LogP contribution in [0.1, 0.15) is 18.1 Å². The molecule has 0 bridgehead atoms. The number of hydrogen-bond acceptors (Lipinski definition) is 2. The van der Waals surface area contributed by atoms with E-state index in [0.717, 1.165) is 11.6 Å². The molecule has 0 aromatic heterocycles. The fourth-order valence-corrected chi connectivity index (χ4v) is 2.23. The lowest BCUT2D eigenvalue weighted by atomic mass is 10.1. The van der Waals surface area contributed by atoms with Gasteiger partial charge in [-0.2, -0.15) is 0 Å². The molecular formula is C16H16ClF2NO. The molecule has 0 aliphatic rings. The summed E-state index contributed by atoms with van der Waals surface area (Å²) in [5.74, 6) is -0.689. The van der Waals surface area contributed by atoms with Gasteiger partial charge < -0.3 is 10.5 Å². The Morgan fingerprint density at radius 1 is 1.24 bits per heavy atom. The Hall–Kier alpha value is -1.65. The van der Waals surface area contributed by atoms with Gasteiger partial charge >= 0.3 is 0 Å². The maximum atomic E-state index is 13.6. The van der Waals surface area contributed by atoms with E-state index in [-0.39, 0.29) is 18.2 Å². The van der Waals surface area contributed by atoms with Gasteiger partial charge in [-0.3, -0.25) is 0 Å². The van der Waals surface area contributed by atoms with Crippen molar-refractivity contribution in [2.24, 2.45) is 5.73 Å². The van der Waals surface area contributed by atoms with Crippen molar-refractivity contribution in [3.05, 3.63) is 64.2 Å². The van der Waals surface area contributed by atoms with Crippen LogP contribution < -0.4 is 10.5 Å². The molecule has 0 fully saturated rings. The summed E-state index contributed by atoms with van der Waals surface area (Å²) >= 11 is 6.15. The van der Waals surface area contributed by atoms with E-state index < -0.39 is 11.6 Å². The Kier molecular flexibility index (Phi) is 5.15. The SMILES string of the molecule is CC(N)Cc1c(Cl)cccc1OCc1ccc(F)cc1F. The van der Waals surface area contributed by atoms with Crippen LogP contribution >= 0.6 is 11.6 Å². The Balaban J connectivity index is 2.18. The third kappa shape index (κ3) is 4.16. The smallest absolute Gasteiger partial charge is 0.132 e. The van der Waals surface area contributed by atoms with Crippen molar-refractivity contribution >= 4 is 11.6 Å². The normalized spacial score (nSPS) is 12.2. The van der Waals surface area contributed by atoms with Crippen molar-refractivity contribution in [2.75, 3.05) is 0 Å². The molecule has 2 aromatic carbocycles. The molecule has 0 saturated heterocycles. The average Bonchev–Trinajstić information content (AvgIpc) is 2.40. The lowest BCUT2D eigenvalue weighted by Gasteiger charge is -2.15. The lowest BCUT2D eigenvalue weighted by Crippen LogP contribution is -2.18. The largest absolute Gasteiger partial charge is 0.488 e. The minimum Gasteiger partial charge on any atom is -0.488 e. The van der Waals surface area contributed by atoms with E-state index in [1.54, 1.807) is 18.2 Å². The Morgan fingerprint density at radius 2 is 2.00 bits per heavy atom. The van der Waals surface area contributed by atoms with Crippen molar-refractivity contribution in [3.63, 3.8) is 0 Å². The van der Waals surface area contributed by atoms with Crippen molar-refractivity contribution in [2.45, 2.75) is 26.0 Å². The molecule has 2 rings (SSSR count). The summed E-state index contributed by atoms with van der Waals surface area (Å²) in [6.07, 6.45) is 0.556. The fourth-order valence-electron chi connectivity index (χ4n) is 1.99. The zero-order chi connectivity index (χ0) is 15.4. The van der Waals surface area contributed by atoms with Gasteiger partial charge in [0.15, 0.2) is 0 Å². The Morgan fingerprint density at radius 3 is 2.67 bits per heavy atom. The summed E-state index contributed by atoms with van der Waals surface area (Å²) in [6.45, 7) is 1.87. The quantitative estimate of drug-likeness (QED) is 0.902. The predicted molar refractivity (Wildman–Crippen MR) is 79.5 cm³/mol. The zero-order valence-electron chi connectivity index (χ0n) is 11.6. The third-order valence-electron chi connectivity index (χ3n) is 3.00. The van der Waals surface area contributed by atoms with Gasteiger partial charge in [0, 0.05) is 28.3 Å². The first-order valence-electron chi connectivity index (χ1n) is 6.57. The molecule has 1 atom stereocenters. The highest BCUT2D eigenvalue weighted by atomic mass is 35.5. The number of benzene rings is 2. The van der Waals surface area contributed by atoms with Gasteiger partial charge in [-0.1, -0.05) is 17.7 Å². The summed E-state index contributed by atoms with van der Waals surface area (Å²) in [4.78, 5) is 0. The van der Waals surface area contributed by atoms with Crippen LogP contribution in [-0.2, 0) is 13.0 Å². The Labute approximate surface area is 127 Å². The standard InChI is InChI=1S/C16H16ClF2NO/c1-10(20)7-13-14(17)3-2-4-16(13)21-9-11-5-6-12(18)8-15(11)19/h2-6,8,10H,7,9,20H2,1H3. The molecular weight excluding hydrogens is 296 g/mol. The first kappa shape index (κ1) is 15.7. The van der Waals surface area contributed by atoms with Crippen LogP contribution in [0.15, 0.2) is 36.4 Å². The third-order valence-corrected chi connectivity index (χ3v) is 3.35. The molecule has 0 spiro atoms. The second kappa shape index (κ2) is 6.87. The van der Waals surface area contributed by atoms with Crippen molar-refractivity contribution < 1.29 is 13.5 Å². The fraction of sp³-hybridized carbons (Fsp3) is 0.250. The predicted octanol–water partition coefficient (Wildman–Crippen LogP) is 4.09. The second-order valence-corrected chi connectivity index (χ2v) is 5.33. The maximum Gasteiger partial charge on any atom is 0.132 e. The highest BCUT2D eigenvalue weighted by Crippen LogP contribution is 2.28. The van der Waals surface area contributed by atoms with Crippen molar-refractivity contribution in [3.8, 4) is 5.75 Å². The molecule has 1 unspecified atom stereocenters. The van der Waals surface area contributed by atoms with E-state index in [1.807, 2.05) is 6.92 Å². The number of ether oxygens (including phenoxy) is 1. The molecule has 0 aliphatic carbocycles. The Bertz CT molecular complexity index is 632. The van der Waals surface area contributed by atoms with Gasteiger partial charge in [0.2, 0.25) is 0 Å². The maximum absolute atomic E-state index is 13.6. The summed E-state index contributed by atoms with van der Waals surface area (Å²) < 4.78 is 32.1. The molecule has 2 nitrogen and oxygen atoms in total. The van der Waals surface area contributed by atoms with Crippen molar-refractivity contribution in [1.29, 1.82) is 0 Å². The van der Waals surface area contributed by atoms with Crippen LogP contribution in [0, 0.1) is 11.6 Å². The molecule has 0 amide bonds. The number of halogens is 3. The van der Waals surface area contributed by atoms with E-state index in [2.05, 4.69) is 0 Å². The van der Waals surface area contributed by atoms with Crippen LogP contribution in [0.25, 0.3) is 0 Å². The average molecular weight is 312 g/mol. The summed E-state index contributed by atoms with van der Waals surface area (Å²) in [5, 5.41) is 0.560. The second-order valence-electron chi connectivity index (χ2n) is 4.92. The van der Waals surface area contributed by atoms with Crippen LogP contribution in [0.3, 0.4) is 0 Å².